The highest BCUT2D eigenvalue weighted by Crippen LogP contribution is 2.27. The number of aliphatic hydroxyl groups is 2. The maximum Gasteiger partial charge on any atom is 0.0955 e. The summed E-state index contributed by atoms with van der Waals surface area (Å²) in [6.45, 7) is 5.63. The Hall–Kier alpha value is -0.160. The molecule has 0 aromatic rings. The average molecular weight is 217 g/mol. The zero-order chi connectivity index (χ0) is 11.4. The molecule has 0 amide bonds. The van der Waals surface area contributed by atoms with Crippen LogP contribution < -0.4 is 5.32 Å². The number of ether oxygens (including phenoxy) is 1. The van der Waals surface area contributed by atoms with Crippen molar-refractivity contribution in [3.8, 4) is 0 Å². The van der Waals surface area contributed by atoms with Crippen LogP contribution in [-0.4, -0.2) is 48.7 Å². The maximum atomic E-state index is 9.80. The van der Waals surface area contributed by atoms with E-state index in [1.54, 1.807) is 7.11 Å². The van der Waals surface area contributed by atoms with Crippen LogP contribution in [-0.2, 0) is 4.74 Å². The first kappa shape index (κ1) is 12.9. The van der Waals surface area contributed by atoms with E-state index in [2.05, 4.69) is 19.2 Å². The largest absolute Gasteiger partial charge is 0.390 e. The molecule has 0 unspecified atom stereocenters. The molecule has 4 heteroatoms. The number of aliphatic hydroxyl groups excluding tert-OH is 2. The fourth-order valence-corrected chi connectivity index (χ4v) is 2.09. The summed E-state index contributed by atoms with van der Waals surface area (Å²) < 4.78 is 5.02. The molecule has 1 aliphatic carbocycles. The zero-order valence-corrected chi connectivity index (χ0v) is 9.81. The van der Waals surface area contributed by atoms with Gasteiger partial charge in [-0.3, -0.25) is 0 Å². The Morgan fingerprint density at radius 2 is 2.00 bits per heavy atom. The number of hydrogen-bond acceptors (Lipinski definition) is 4. The monoisotopic (exact) mass is 217 g/mol. The first-order valence-corrected chi connectivity index (χ1v) is 5.64. The van der Waals surface area contributed by atoms with E-state index in [0.29, 0.717) is 12.5 Å². The summed E-state index contributed by atoms with van der Waals surface area (Å²) in [5.41, 5.74) is 0. The Balaban J connectivity index is 2.40. The van der Waals surface area contributed by atoms with Gasteiger partial charge in [0.2, 0.25) is 0 Å². The lowest BCUT2D eigenvalue weighted by molar-refractivity contribution is -0.00601. The lowest BCUT2D eigenvalue weighted by Crippen LogP contribution is -2.41. The molecule has 1 aliphatic rings. The fraction of sp³-hybridized carbons (Fsp3) is 1.00. The maximum absolute atomic E-state index is 9.80. The minimum atomic E-state index is -0.663. The molecule has 90 valence electrons. The van der Waals surface area contributed by atoms with E-state index >= 15 is 0 Å². The van der Waals surface area contributed by atoms with Gasteiger partial charge in [-0.2, -0.15) is 0 Å². The predicted octanol–water partition coefficient (Wildman–Crippen LogP) is -0.0113. The van der Waals surface area contributed by atoms with Gasteiger partial charge in [-0.05, 0) is 18.9 Å². The topological polar surface area (TPSA) is 61.7 Å². The van der Waals surface area contributed by atoms with E-state index in [0.717, 1.165) is 13.0 Å². The molecule has 0 spiro atoms. The van der Waals surface area contributed by atoms with E-state index in [1.807, 2.05) is 0 Å². The summed E-state index contributed by atoms with van der Waals surface area (Å²) in [4.78, 5) is 0. The molecule has 0 bridgehead atoms. The van der Waals surface area contributed by atoms with Gasteiger partial charge in [0.25, 0.3) is 0 Å². The van der Waals surface area contributed by atoms with Gasteiger partial charge in [0.1, 0.15) is 0 Å². The normalized spacial score (nSPS) is 36.4. The van der Waals surface area contributed by atoms with Crippen LogP contribution in [0.3, 0.4) is 0 Å². The molecule has 0 heterocycles. The molecule has 0 saturated heterocycles. The highest BCUT2D eigenvalue weighted by atomic mass is 16.5. The molecule has 15 heavy (non-hydrogen) atoms. The van der Waals surface area contributed by atoms with Crippen molar-refractivity contribution in [1.82, 2.24) is 5.32 Å². The summed E-state index contributed by atoms with van der Waals surface area (Å²) in [6.07, 6.45) is -0.540. The van der Waals surface area contributed by atoms with Crippen LogP contribution in [0.25, 0.3) is 0 Å². The lowest BCUT2D eigenvalue weighted by Gasteiger charge is -2.19. The van der Waals surface area contributed by atoms with Crippen molar-refractivity contribution < 1.29 is 14.9 Å². The van der Waals surface area contributed by atoms with E-state index < -0.39 is 12.2 Å². The average Bonchev–Trinajstić information content (AvgIpc) is 2.44. The van der Waals surface area contributed by atoms with Crippen molar-refractivity contribution in [2.24, 2.45) is 11.8 Å². The zero-order valence-electron chi connectivity index (χ0n) is 9.81. The fourth-order valence-electron chi connectivity index (χ4n) is 2.09. The first-order valence-electron chi connectivity index (χ1n) is 5.64. The summed E-state index contributed by atoms with van der Waals surface area (Å²) in [5, 5.41) is 22.8. The van der Waals surface area contributed by atoms with Crippen LogP contribution in [0.1, 0.15) is 20.3 Å². The van der Waals surface area contributed by atoms with Crippen LogP contribution in [0.4, 0.5) is 0 Å². The standard InChI is InChI=1S/C11H23NO3/c1-7(2)5-12-9-4-8(6-15-3)10(13)11(9)14/h7-14H,4-6H2,1-3H3/t8-,9-,10-,11+/m1/s1. The molecule has 1 fully saturated rings. The minimum absolute atomic E-state index is 0.00236. The quantitative estimate of drug-likeness (QED) is 0.606. The van der Waals surface area contributed by atoms with Gasteiger partial charge in [-0.1, -0.05) is 13.8 Å². The lowest BCUT2D eigenvalue weighted by atomic mass is 10.1. The minimum Gasteiger partial charge on any atom is -0.390 e. The van der Waals surface area contributed by atoms with Gasteiger partial charge in [-0.15, -0.1) is 0 Å². The number of rotatable bonds is 5. The third kappa shape index (κ3) is 3.41. The summed E-state index contributed by atoms with van der Waals surface area (Å²) >= 11 is 0. The van der Waals surface area contributed by atoms with Crippen molar-refractivity contribution in [3.05, 3.63) is 0 Å². The molecule has 0 aromatic heterocycles. The van der Waals surface area contributed by atoms with Crippen LogP contribution in [0.15, 0.2) is 0 Å². The molecule has 4 atom stereocenters. The molecule has 1 saturated carbocycles. The second-order valence-electron chi connectivity index (χ2n) is 4.84. The van der Waals surface area contributed by atoms with Gasteiger partial charge in [0.15, 0.2) is 0 Å². The van der Waals surface area contributed by atoms with Crippen molar-refractivity contribution >= 4 is 0 Å². The molecular weight excluding hydrogens is 194 g/mol. The SMILES string of the molecule is COC[C@H]1C[C@@H](NCC(C)C)[C@H](O)[C@@H]1O. The molecular formula is C11H23NO3. The molecule has 1 rings (SSSR count). The molecule has 3 N–H and O–H groups in total. The van der Waals surface area contributed by atoms with E-state index in [4.69, 9.17) is 4.74 Å². The number of methoxy groups -OCH3 is 1. The van der Waals surface area contributed by atoms with E-state index in [1.165, 1.54) is 0 Å². The van der Waals surface area contributed by atoms with Gasteiger partial charge >= 0.3 is 0 Å². The number of nitrogens with one attached hydrogen (secondary N) is 1. The van der Waals surface area contributed by atoms with Crippen LogP contribution in [0.5, 0.6) is 0 Å². The van der Waals surface area contributed by atoms with Crippen LogP contribution in [0, 0.1) is 11.8 Å². The van der Waals surface area contributed by atoms with Crippen molar-refractivity contribution in [2.45, 2.75) is 38.5 Å². The van der Waals surface area contributed by atoms with Crippen LogP contribution in [0.2, 0.25) is 0 Å². The highest BCUT2D eigenvalue weighted by molar-refractivity contribution is 4.95. The second-order valence-corrected chi connectivity index (χ2v) is 4.84. The van der Waals surface area contributed by atoms with Gasteiger partial charge in [0.05, 0.1) is 18.8 Å². The Morgan fingerprint density at radius 1 is 1.33 bits per heavy atom. The third-order valence-corrected chi connectivity index (χ3v) is 2.97. The smallest absolute Gasteiger partial charge is 0.0955 e. The summed E-state index contributed by atoms with van der Waals surface area (Å²) in [5.74, 6) is 0.602. The van der Waals surface area contributed by atoms with E-state index in [-0.39, 0.29) is 12.0 Å². The van der Waals surface area contributed by atoms with Gasteiger partial charge < -0.3 is 20.3 Å². The summed E-state index contributed by atoms with van der Waals surface area (Å²) in [7, 11) is 1.62. The van der Waals surface area contributed by atoms with E-state index in [9.17, 15) is 10.2 Å². The molecule has 0 aromatic carbocycles. The Bertz CT molecular complexity index is 187. The van der Waals surface area contributed by atoms with Crippen molar-refractivity contribution in [2.75, 3.05) is 20.3 Å². The Labute approximate surface area is 91.6 Å². The second kappa shape index (κ2) is 5.80. The molecule has 0 aliphatic heterocycles. The van der Waals surface area contributed by atoms with Crippen LogP contribution >= 0.6 is 0 Å². The molecule has 4 nitrogen and oxygen atoms in total. The predicted molar refractivity (Wildman–Crippen MR) is 58.6 cm³/mol. The summed E-state index contributed by atoms with van der Waals surface area (Å²) in [6, 6.07) is 0.00236. The van der Waals surface area contributed by atoms with Crippen molar-refractivity contribution in [3.63, 3.8) is 0 Å². The highest BCUT2D eigenvalue weighted by Gasteiger charge is 2.40. The Morgan fingerprint density at radius 3 is 2.53 bits per heavy atom. The van der Waals surface area contributed by atoms with Gasteiger partial charge in [0, 0.05) is 19.1 Å². The number of hydrogen-bond donors (Lipinski definition) is 3. The Kier molecular flexibility index (Phi) is 4.99. The third-order valence-electron chi connectivity index (χ3n) is 2.97. The van der Waals surface area contributed by atoms with Gasteiger partial charge in [-0.25, -0.2) is 0 Å². The molecule has 0 radical (unpaired) electrons. The van der Waals surface area contributed by atoms with Crippen molar-refractivity contribution in [1.29, 1.82) is 0 Å². The first-order chi connectivity index (χ1) is 7.06.